The lowest BCUT2D eigenvalue weighted by molar-refractivity contribution is 0.503. The molecule has 0 unspecified atom stereocenters. The Morgan fingerprint density at radius 1 is 1.27 bits per heavy atom. The smallest absolute Gasteiger partial charge is 0.192 e. The molecule has 4 nitrogen and oxygen atoms in total. The predicted molar refractivity (Wildman–Crippen MR) is 54.9 cm³/mol. The van der Waals surface area contributed by atoms with Crippen molar-refractivity contribution in [2.45, 2.75) is 20.8 Å². The third kappa shape index (κ3) is 1.31. The van der Waals surface area contributed by atoms with E-state index in [-0.39, 0.29) is 5.82 Å². The second kappa shape index (κ2) is 3.12. The summed E-state index contributed by atoms with van der Waals surface area (Å²) in [5.74, 6) is 0.785. The van der Waals surface area contributed by atoms with Gasteiger partial charge in [0.25, 0.3) is 0 Å². The minimum atomic E-state index is -0.526. The number of aromatic nitrogens is 2. The average Bonchev–Trinajstić information content (AvgIpc) is 2.60. The van der Waals surface area contributed by atoms with Crippen LogP contribution >= 0.6 is 0 Å². The van der Waals surface area contributed by atoms with Crippen LogP contribution in [0.3, 0.4) is 0 Å². The van der Waals surface area contributed by atoms with E-state index in [1.165, 1.54) is 0 Å². The van der Waals surface area contributed by atoms with Crippen LogP contribution in [0.15, 0.2) is 4.42 Å². The van der Waals surface area contributed by atoms with Gasteiger partial charge in [-0.1, -0.05) is 0 Å². The maximum absolute atomic E-state index is 13.6. The van der Waals surface area contributed by atoms with Crippen LogP contribution < -0.4 is 5.73 Å². The van der Waals surface area contributed by atoms with E-state index >= 15 is 0 Å². The highest BCUT2D eigenvalue weighted by atomic mass is 19.1. The van der Waals surface area contributed by atoms with Gasteiger partial charge in [-0.25, -0.2) is 4.39 Å². The summed E-state index contributed by atoms with van der Waals surface area (Å²) in [5.41, 5.74) is 7.23. The zero-order valence-electron chi connectivity index (χ0n) is 8.81. The van der Waals surface area contributed by atoms with Gasteiger partial charge in [-0.15, -0.1) is 0 Å². The third-order valence-electron chi connectivity index (χ3n) is 2.54. The monoisotopic (exact) mass is 209 g/mol. The SMILES string of the molecule is Cc1oc(C)c(-c2[nH]nc(N)c2F)c1C. The topological polar surface area (TPSA) is 67.8 Å². The first-order chi connectivity index (χ1) is 7.02. The molecule has 3 N–H and O–H groups in total. The van der Waals surface area contributed by atoms with Gasteiger partial charge in [0.1, 0.15) is 17.2 Å². The molecule has 0 aliphatic heterocycles. The lowest BCUT2D eigenvalue weighted by Crippen LogP contribution is -1.88. The number of nitrogens with two attached hydrogens (primary N) is 1. The number of aromatic amines is 1. The zero-order valence-corrected chi connectivity index (χ0v) is 8.81. The highest BCUT2D eigenvalue weighted by Crippen LogP contribution is 2.32. The molecule has 5 heteroatoms. The Morgan fingerprint density at radius 3 is 2.33 bits per heavy atom. The summed E-state index contributed by atoms with van der Waals surface area (Å²) in [6.45, 7) is 5.49. The molecular weight excluding hydrogens is 197 g/mol. The molecule has 15 heavy (non-hydrogen) atoms. The fraction of sp³-hybridized carbons (Fsp3) is 0.300. The van der Waals surface area contributed by atoms with E-state index in [1.54, 1.807) is 6.92 Å². The number of furan rings is 1. The first-order valence-electron chi connectivity index (χ1n) is 4.58. The Morgan fingerprint density at radius 2 is 1.93 bits per heavy atom. The molecule has 0 saturated carbocycles. The maximum atomic E-state index is 13.6. The van der Waals surface area contributed by atoms with Crippen molar-refractivity contribution in [3.8, 4) is 11.3 Å². The average molecular weight is 209 g/mol. The van der Waals surface area contributed by atoms with Crippen LogP contribution in [0.4, 0.5) is 10.2 Å². The van der Waals surface area contributed by atoms with Crippen LogP contribution in [0.1, 0.15) is 17.1 Å². The quantitative estimate of drug-likeness (QED) is 0.757. The van der Waals surface area contributed by atoms with Crippen molar-refractivity contribution in [3.05, 3.63) is 22.9 Å². The van der Waals surface area contributed by atoms with E-state index in [0.717, 1.165) is 11.3 Å². The number of nitrogens with zero attached hydrogens (tertiary/aromatic N) is 1. The summed E-state index contributed by atoms with van der Waals surface area (Å²) in [6, 6.07) is 0. The number of halogens is 1. The molecule has 2 rings (SSSR count). The second-order valence-corrected chi connectivity index (χ2v) is 3.51. The Hall–Kier alpha value is -1.78. The summed E-state index contributed by atoms with van der Waals surface area (Å²) in [7, 11) is 0. The van der Waals surface area contributed by atoms with Crippen molar-refractivity contribution in [1.82, 2.24) is 10.2 Å². The number of H-pyrrole nitrogens is 1. The first-order valence-corrected chi connectivity index (χ1v) is 4.58. The molecule has 0 fully saturated rings. The van der Waals surface area contributed by atoms with Gasteiger partial charge < -0.3 is 10.2 Å². The lowest BCUT2D eigenvalue weighted by atomic mass is 10.1. The number of aryl methyl sites for hydroxylation is 2. The molecule has 0 radical (unpaired) electrons. The number of anilines is 1. The minimum Gasteiger partial charge on any atom is -0.466 e. The molecule has 0 saturated heterocycles. The summed E-state index contributed by atoms with van der Waals surface area (Å²) in [5, 5.41) is 6.20. The molecule has 2 aromatic rings. The van der Waals surface area contributed by atoms with Gasteiger partial charge in [0.05, 0.1) is 0 Å². The third-order valence-corrected chi connectivity index (χ3v) is 2.54. The second-order valence-electron chi connectivity index (χ2n) is 3.51. The van der Waals surface area contributed by atoms with E-state index in [1.807, 2.05) is 13.8 Å². The molecule has 80 valence electrons. The summed E-state index contributed by atoms with van der Waals surface area (Å²) in [6.07, 6.45) is 0. The van der Waals surface area contributed by atoms with Gasteiger partial charge in [-0.3, -0.25) is 5.10 Å². The minimum absolute atomic E-state index is 0.123. The van der Waals surface area contributed by atoms with E-state index in [4.69, 9.17) is 10.2 Å². The van der Waals surface area contributed by atoms with Gasteiger partial charge in [-0.05, 0) is 26.3 Å². The number of nitrogen functional groups attached to an aromatic ring is 1. The maximum Gasteiger partial charge on any atom is 0.192 e. The van der Waals surface area contributed by atoms with E-state index in [9.17, 15) is 4.39 Å². The van der Waals surface area contributed by atoms with E-state index in [2.05, 4.69) is 10.2 Å². The van der Waals surface area contributed by atoms with Gasteiger partial charge >= 0.3 is 0 Å². The Kier molecular flexibility index (Phi) is 2.03. The fourth-order valence-corrected chi connectivity index (χ4v) is 1.67. The Labute approximate surface area is 86.3 Å². The Balaban J connectivity index is 2.68. The number of rotatable bonds is 1. The standard InChI is InChI=1S/C10H12FN3O/c1-4-5(2)15-6(3)7(4)9-8(11)10(12)14-13-9/h1-3H3,(H3,12,13,14). The summed E-state index contributed by atoms with van der Waals surface area (Å²) >= 11 is 0. The van der Waals surface area contributed by atoms with Crippen molar-refractivity contribution in [2.24, 2.45) is 0 Å². The molecule has 0 bridgehead atoms. The first kappa shape index (κ1) is 9.76. The van der Waals surface area contributed by atoms with Crippen LogP contribution in [-0.2, 0) is 0 Å². The van der Waals surface area contributed by atoms with Gasteiger partial charge in [0, 0.05) is 5.56 Å². The Bertz CT molecular complexity index is 513. The van der Waals surface area contributed by atoms with Crippen LogP contribution in [-0.4, -0.2) is 10.2 Å². The van der Waals surface area contributed by atoms with Crippen LogP contribution in [0.2, 0.25) is 0 Å². The molecule has 0 atom stereocenters. The van der Waals surface area contributed by atoms with Gasteiger partial charge in [-0.2, -0.15) is 5.10 Å². The molecule has 0 aliphatic carbocycles. The molecule has 2 heterocycles. The van der Waals surface area contributed by atoms with Crippen molar-refractivity contribution in [3.63, 3.8) is 0 Å². The summed E-state index contributed by atoms with van der Waals surface area (Å²) < 4.78 is 19.0. The predicted octanol–water partition coefficient (Wildman–Crippen LogP) is 2.32. The molecule has 0 aliphatic rings. The lowest BCUT2D eigenvalue weighted by Gasteiger charge is -1.96. The normalized spacial score (nSPS) is 10.9. The van der Waals surface area contributed by atoms with E-state index < -0.39 is 5.82 Å². The van der Waals surface area contributed by atoms with Crippen molar-refractivity contribution in [1.29, 1.82) is 0 Å². The fourth-order valence-electron chi connectivity index (χ4n) is 1.67. The molecule has 0 amide bonds. The largest absolute Gasteiger partial charge is 0.466 e. The van der Waals surface area contributed by atoms with E-state index in [0.29, 0.717) is 17.0 Å². The number of hydrogen-bond donors (Lipinski definition) is 2. The van der Waals surface area contributed by atoms with Crippen LogP contribution in [0.5, 0.6) is 0 Å². The van der Waals surface area contributed by atoms with Crippen molar-refractivity contribution >= 4 is 5.82 Å². The molecule has 0 aromatic carbocycles. The zero-order chi connectivity index (χ0) is 11.2. The highest BCUT2D eigenvalue weighted by Gasteiger charge is 2.20. The van der Waals surface area contributed by atoms with Gasteiger partial charge in [0.2, 0.25) is 0 Å². The molecule has 0 spiro atoms. The number of nitrogens with one attached hydrogen (secondary N) is 1. The molecule has 2 aromatic heterocycles. The highest BCUT2D eigenvalue weighted by molar-refractivity contribution is 5.69. The molecular formula is C10H12FN3O. The van der Waals surface area contributed by atoms with Crippen molar-refractivity contribution in [2.75, 3.05) is 5.73 Å². The summed E-state index contributed by atoms with van der Waals surface area (Å²) in [4.78, 5) is 0. The van der Waals surface area contributed by atoms with Crippen LogP contribution in [0, 0.1) is 26.6 Å². The number of hydrogen-bond acceptors (Lipinski definition) is 3. The van der Waals surface area contributed by atoms with Crippen molar-refractivity contribution < 1.29 is 8.81 Å². The van der Waals surface area contributed by atoms with Crippen LogP contribution in [0.25, 0.3) is 11.3 Å². The van der Waals surface area contributed by atoms with Gasteiger partial charge in [0.15, 0.2) is 11.6 Å².